The predicted molar refractivity (Wildman–Crippen MR) is 115 cm³/mol. The van der Waals surface area contributed by atoms with E-state index in [0.717, 1.165) is 28.2 Å². The van der Waals surface area contributed by atoms with Crippen LogP contribution >= 0.6 is 0 Å². The van der Waals surface area contributed by atoms with E-state index in [4.69, 9.17) is 17.4 Å². The van der Waals surface area contributed by atoms with E-state index in [1.54, 1.807) is 0 Å². The fourth-order valence-corrected chi connectivity index (χ4v) is 2.79. The molecule has 0 saturated carbocycles. The summed E-state index contributed by atoms with van der Waals surface area (Å²) in [6, 6.07) is 35.1. The second-order valence-corrected chi connectivity index (χ2v) is 7.94. The molecule has 4 rings (SSSR count). The Morgan fingerprint density at radius 2 is 0.906 bits per heavy atom. The molecular formula is C24H17F3O4S. The van der Waals surface area contributed by atoms with E-state index in [-0.39, 0.29) is 0 Å². The Morgan fingerprint density at radius 3 is 1.22 bits per heavy atom. The molecule has 0 aliphatic rings. The van der Waals surface area contributed by atoms with Crippen LogP contribution in [0.15, 0.2) is 108 Å². The normalized spacial score (nSPS) is 11.4. The van der Waals surface area contributed by atoms with Crippen molar-refractivity contribution in [2.24, 2.45) is 0 Å². The molecule has 1 heterocycles. The van der Waals surface area contributed by atoms with Gasteiger partial charge >= 0.3 is 17.0 Å². The first kappa shape index (κ1) is 23.2. The first-order chi connectivity index (χ1) is 15.1. The summed E-state index contributed by atoms with van der Waals surface area (Å²) < 4.78 is 65.1. The van der Waals surface area contributed by atoms with Gasteiger partial charge in [0.2, 0.25) is 0 Å². The molecule has 0 unspecified atom stereocenters. The lowest BCUT2D eigenvalue weighted by atomic mass is 10.0. The van der Waals surface area contributed by atoms with E-state index in [0.29, 0.717) is 0 Å². The zero-order valence-corrected chi connectivity index (χ0v) is 17.3. The average molecular weight is 458 g/mol. The van der Waals surface area contributed by atoms with E-state index in [9.17, 15) is 13.2 Å². The molecule has 0 N–H and O–H groups in total. The standard InChI is InChI=1S/C23H17O.CHF3O3S/c1-4-10-18(11-5-1)21-16-22(19-12-6-2-7-13-19)24-23(17-21)20-14-8-3-9-15-20;2-1(3,4)8(5,6)7/h1-17H;(H,5,6,7)/q+1;/p-1. The van der Waals surface area contributed by atoms with Gasteiger partial charge in [-0.25, -0.2) is 12.8 Å². The Labute approximate surface area is 183 Å². The second-order valence-electron chi connectivity index (χ2n) is 6.57. The van der Waals surface area contributed by atoms with Crippen LogP contribution in [0.1, 0.15) is 0 Å². The Kier molecular flexibility index (Phi) is 7.07. The lowest BCUT2D eigenvalue weighted by molar-refractivity contribution is -0.0517. The number of benzene rings is 3. The number of rotatable bonds is 3. The highest BCUT2D eigenvalue weighted by Gasteiger charge is 2.36. The first-order valence-corrected chi connectivity index (χ1v) is 10.7. The molecule has 3 aromatic carbocycles. The molecule has 0 saturated heterocycles. The van der Waals surface area contributed by atoms with Crippen molar-refractivity contribution < 1.29 is 30.6 Å². The minimum absolute atomic E-state index is 0.871. The summed E-state index contributed by atoms with van der Waals surface area (Å²) in [6.07, 6.45) is 0. The van der Waals surface area contributed by atoms with Crippen LogP contribution in [0.4, 0.5) is 13.2 Å². The van der Waals surface area contributed by atoms with E-state index >= 15 is 0 Å². The molecule has 32 heavy (non-hydrogen) atoms. The number of alkyl halides is 3. The molecule has 1 aromatic heterocycles. The number of hydrogen-bond donors (Lipinski definition) is 0. The second kappa shape index (κ2) is 9.76. The quantitative estimate of drug-likeness (QED) is 0.197. The molecule has 0 atom stereocenters. The van der Waals surface area contributed by atoms with Crippen molar-refractivity contribution in [2.75, 3.05) is 0 Å². The van der Waals surface area contributed by atoms with Crippen molar-refractivity contribution >= 4 is 10.1 Å². The molecule has 0 bridgehead atoms. The molecule has 4 aromatic rings. The molecule has 0 radical (unpaired) electrons. The third kappa shape index (κ3) is 6.03. The highest BCUT2D eigenvalue weighted by Crippen LogP contribution is 2.32. The van der Waals surface area contributed by atoms with Crippen LogP contribution in [0, 0.1) is 0 Å². The lowest BCUT2D eigenvalue weighted by Gasteiger charge is -2.08. The van der Waals surface area contributed by atoms with E-state index < -0.39 is 15.6 Å². The molecule has 0 aliphatic heterocycles. The van der Waals surface area contributed by atoms with Crippen LogP contribution in [0.25, 0.3) is 33.8 Å². The summed E-state index contributed by atoms with van der Waals surface area (Å²) in [5.74, 6) is 1.74. The van der Waals surface area contributed by atoms with Crippen LogP contribution in [-0.4, -0.2) is 18.5 Å². The van der Waals surface area contributed by atoms with Crippen LogP contribution in [0.3, 0.4) is 0 Å². The SMILES string of the molecule is O=S(=O)([O-])C(F)(F)F.c1ccc(-c2cc(-c3ccccc3)[o+]c(-c3ccccc3)c2)cc1. The minimum atomic E-state index is -6.09. The van der Waals surface area contributed by atoms with Gasteiger partial charge in [0.25, 0.3) is 0 Å². The van der Waals surface area contributed by atoms with Gasteiger partial charge in [0, 0.05) is 5.56 Å². The highest BCUT2D eigenvalue weighted by molar-refractivity contribution is 7.86. The summed E-state index contributed by atoms with van der Waals surface area (Å²) in [5.41, 5.74) is -1.16. The maximum atomic E-state index is 10.7. The van der Waals surface area contributed by atoms with Crippen molar-refractivity contribution in [3.05, 3.63) is 103 Å². The maximum Gasteiger partial charge on any atom is 0.485 e. The van der Waals surface area contributed by atoms with Gasteiger partial charge in [0.15, 0.2) is 10.1 Å². The molecule has 8 heteroatoms. The molecule has 164 valence electrons. The molecule has 0 fully saturated rings. The molecule has 0 spiro atoms. The maximum absolute atomic E-state index is 10.7. The Hall–Kier alpha value is -3.49. The molecular weight excluding hydrogens is 441 g/mol. The van der Waals surface area contributed by atoms with Gasteiger partial charge < -0.3 is 4.55 Å². The Morgan fingerprint density at radius 1 is 0.594 bits per heavy atom. The largest absolute Gasteiger partial charge is 0.741 e. The molecule has 0 amide bonds. The van der Waals surface area contributed by atoms with Gasteiger partial charge in [-0.1, -0.05) is 66.7 Å². The minimum Gasteiger partial charge on any atom is -0.741 e. The van der Waals surface area contributed by atoms with Crippen LogP contribution in [0.5, 0.6) is 0 Å². The zero-order valence-electron chi connectivity index (χ0n) is 16.5. The smallest absolute Gasteiger partial charge is 0.485 e. The molecule has 4 nitrogen and oxygen atoms in total. The van der Waals surface area contributed by atoms with Crippen molar-refractivity contribution in [3.63, 3.8) is 0 Å². The van der Waals surface area contributed by atoms with E-state index in [1.165, 1.54) is 5.56 Å². The van der Waals surface area contributed by atoms with Crippen molar-refractivity contribution in [1.29, 1.82) is 0 Å². The summed E-state index contributed by atoms with van der Waals surface area (Å²) in [6.45, 7) is 0. The first-order valence-electron chi connectivity index (χ1n) is 9.32. The molecule has 0 aliphatic carbocycles. The van der Waals surface area contributed by atoms with Gasteiger partial charge in [-0.2, -0.15) is 13.2 Å². The summed E-state index contributed by atoms with van der Waals surface area (Å²) in [5, 5.41) is 0. The summed E-state index contributed by atoms with van der Waals surface area (Å²) in [4.78, 5) is 0. The third-order valence-electron chi connectivity index (χ3n) is 4.30. The summed E-state index contributed by atoms with van der Waals surface area (Å²) >= 11 is 0. The van der Waals surface area contributed by atoms with Crippen LogP contribution in [0.2, 0.25) is 0 Å². The zero-order chi connectivity index (χ0) is 23.2. The van der Waals surface area contributed by atoms with Gasteiger partial charge in [0.05, 0.1) is 23.3 Å². The monoisotopic (exact) mass is 458 g/mol. The highest BCUT2D eigenvalue weighted by atomic mass is 32.2. The number of halogens is 3. The van der Waals surface area contributed by atoms with Gasteiger partial charge in [-0.3, -0.25) is 0 Å². The lowest BCUT2D eigenvalue weighted by Crippen LogP contribution is -2.21. The van der Waals surface area contributed by atoms with Crippen LogP contribution in [-0.2, 0) is 10.1 Å². The third-order valence-corrected chi connectivity index (χ3v) is 4.87. The Balaban J connectivity index is 0.000000312. The van der Waals surface area contributed by atoms with E-state index in [1.807, 2.05) is 42.5 Å². The van der Waals surface area contributed by atoms with Gasteiger partial charge in [0.1, 0.15) is 0 Å². The average Bonchev–Trinajstić information content (AvgIpc) is 2.80. The van der Waals surface area contributed by atoms with Crippen molar-refractivity contribution in [3.8, 4) is 33.8 Å². The fraction of sp³-hybridized carbons (Fsp3) is 0.0417. The topological polar surface area (TPSA) is 68.5 Å². The number of hydrogen-bond acceptors (Lipinski definition) is 3. The predicted octanol–water partition coefficient (Wildman–Crippen LogP) is 6.61. The van der Waals surface area contributed by atoms with Crippen molar-refractivity contribution in [1.82, 2.24) is 0 Å². The van der Waals surface area contributed by atoms with E-state index in [2.05, 4.69) is 60.7 Å². The van der Waals surface area contributed by atoms with Gasteiger partial charge in [-0.15, -0.1) is 0 Å². The summed E-state index contributed by atoms with van der Waals surface area (Å²) in [7, 11) is -6.09. The fourth-order valence-electron chi connectivity index (χ4n) is 2.79. The van der Waals surface area contributed by atoms with Gasteiger partial charge in [-0.05, 0) is 29.8 Å². The van der Waals surface area contributed by atoms with Crippen molar-refractivity contribution in [2.45, 2.75) is 5.51 Å². The Bertz CT molecular complexity index is 1120. The van der Waals surface area contributed by atoms with Crippen LogP contribution < -0.4 is 0 Å².